The molecule has 2 rings (SSSR count). The third-order valence-electron chi connectivity index (χ3n) is 5.55. The number of hydrogen-bond donors (Lipinski definition) is 0. The van der Waals surface area contributed by atoms with Crippen LogP contribution >= 0.6 is 11.3 Å². The maximum atomic E-state index is 6.11. The third kappa shape index (κ3) is 6.08. The van der Waals surface area contributed by atoms with Crippen LogP contribution in [-0.4, -0.2) is 23.3 Å². The fourth-order valence-electron chi connectivity index (χ4n) is 3.10. The van der Waals surface area contributed by atoms with Gasteiger partial charge in [-0.25, -0.2) is 0 Å². The summed E-state index contributed by atoms with van der Waals surface area (Å²) in [6.45, 7) is 10.7. The Kier molecular flexibility index (Phi) is 7.97. The second-order valence-corrected chi connectivity index (χ2v) is 9.47. The molecule has 0 aliphatic carbocycles. The van der Waals surface area contributed by atoms with Crippen molar-refractivity contribution in [2.45, 2.75) is 110 Å². The molecule has 2 heterocycles. The molecule has 1 aliphatic heterocycles. The standard InChI is InChI=1S/C20H36BNO2S/c1-6-7-8-9-10-11-12-13-14-15-18-22-16-17(25-18)21-23-19(2,3)20(4,5)24-21/h16H,6-15H2,1-5H3. The maximum absolute atomic E-state index is 6.11. The summed E-state index contributed by atoms with van der Waals surface area (Å²) in [5, 5.41) is 1.22. The molecule has 1 saturated heterocycles. The van der Waals surface area contributed by atoms with E-state index in [9.17, 15) is 0 Å². The van der Waals surface area contributed by atoms with Crippen molar-refractivity contribution in [1.82, 2.24) is 4.98 Å². The first-order chi connectivity index (χ1) is 11.9. The van der Waals surface area contributed by atoms with E-state index in [1.807, 2.05) is 6.20 Å². The predicted molar refractivity (Wildman–Crippen MR) is 109 cm³/mol. The predicted octanol–water partition coefficient (Wildman–Crippen LogP) is 5.52. The van der Waals surface area contributed by atoms with E-state index in [2.05, 4.69) is 39.6 Å². The first-order valence-electron chi connectivity index (χ1n) is 10.2. The molecule has 1 aromatic rings. The molecule has 1 aromatic heterocycles. The van der Waals surface area contributed by atoms with Crippen molar-refractivity contribution in [3.05, 3.63) is 11.2 Å². The van der Waals surface area contributed by atoms with Crippen molar-refractivity contribution in [3.8, 4) is 0 Å². The molecular formula is C20H36BNO2S. The van der Waals surface area contributed by atoms with Crippen LogP contribution in [0.25, 0.3) is 0 Å². The van der Waals surface area contributed by atoms with Crippen molar-refractivity contribution in [1.29, 1.82) is 0 Å². The fourth-order valence-corrected chi connectivity index (χ4v) is 4.02. The Hall–Kier alpha value is -0.385. The van der Waals surface area contributed by atoms with E-state index in [4.69, 9.17) is 9.31 Å². The lowest BCUT2D eigenvalue weighted by Crippen LogP contribution is -2.41. The second-order valence-electron chi connectivity index (χ2n) is 8.32. The van der Waals surface area contributed by atoms with Gasteiger partial charge < -0.3 is 9.31 Å². The number of unbranched alkanes of at least 4 members (excludes halogenated alkanes) is 8. The molecule has 0 saturated carbocycles. The lowest BCUT2D eigenvalue weighted by Gasteiger charge is -2.32. The van der Waals surface area contributed by atoms with E-state index in [0.29, 0.717) is 0 Å². The van der Waals surface area contributed by atoms with Crippen LogP contribution in [0.1, 0.15) is 97.4 Å². The van der Waals surface area contributed by atoms with Gasteiger partial charge in [0.1, 0.15) is 0 Å². The highest BCUT2D eigenvalue weighted by Crippen LogP contribution is 2.36. The third-order valence-corrected chi connectivity index (χ3v) is 6.63. The normalized spacial score (nSPS) is 18.8. The Morgan fingerprint density at radius 1 is 0.880 bits per heavy atom. The van der Waals surface area contributed by atoms with Gasteiger partial charge in [0, 0.05) is 6.20 Å². The van der Waals surface area contributed by atoms with Crippen LogP contribution < -0.4 is 4.78 Å². The van der Waals surface area contributed by atoms with Crippen LogP contribution in [0.5, 0.6) is 0 Å². The topological polar surface area (TPSA) is 31.4 Å². The number of aromatic nitrogens is 1. The molecule has 3 nitrogen and oxygen atoms in total. The fraction of sp³-hybridized carbons (Fsp3) is 0.850. The summed E-state index contributed by atoms with van der Waals surface area (Å²) < 4.78 is 13.3. The minimum atomic E-state index is -0.279. The summed E-state index contributed by atoms with van der Waals surface area (Å²) >= 11 is 1.75. The number of rotatable bonds is 11. The summed E-state index contributed by atoms with van der Waals surface area (Å²) in [7, 11) is -0.264. The van der Waals surface area contributed by atoms with E-state index in [1.54, 1.807) is 11.3 Å². The zero-order chi connectivity index (χ0) is 18.3. The van der Waals surface area contributed by atoms with Crippen molar-refractivity contribution in [2.75, 3.05) is 0 Å². The number of hydrogen-bond acceptors (Lipinski definition) is 4. The second kappa shape index (κ2) is 9.52. The zero-order valence-electron chi connectivity index (χ0n) is 16.9. The molecule has 0 bridgehead atoms. The summed E-state index contributed by atoms with van der Waals surface area (Å²) in [5.74, 6) is 0. The van der Waals surface area contributed by atoms with Gasteiger partial charge in [-0.3, -0.25) is 4.98 Å². The van der Waals surface area contributed by atoms with Crippen molar-refractivity contribution in [2.24, 2.45) is 0 Å². The van der Waals surface area contributed by atoms with Crippen LogP contribution in [0.15, 0.2) is 6.20 Å². The van der Waals surface area contributed by atoms with Crippen molar-refractivity contribution >= 4 is 23.2 Å². The molecule has 0 unspecified atom stereocenters. The average molecular weight is 365 g/mol. The number of aryl methyl sites for hydroxylation is 1. The van der Waals surface area contributed by atoms with Crippen LogP contribution in [0.4, 0.5) is 0 Å². The van der Waals surface area contributed by atoms with E-state index in [-0.39, 0.29) is 18.3 Å². The molecule has 0 atom stereocenters. The number of thiazole rings is 1. The van der Waals surface area contributed by atoms with Crippen LogP contribution in [0, 0.1) is 0 Å². The van der Waals surface area contributed by atoms with Gasteiger partial charge in [-0.15, -0.1) is 11.3 Å². The largest absolute Gasteiger partial charge is 0.507 e. The van der Waals surface area contributed by atoms with E-state index < -0.39 is 0 Å². The first-order valence-corrected chi connectivity index (χ1v) is 11.0. The Labute approximate surface area is 159 Å². The number of nitrogens with zero attached hydrogens (tertiary/aromatic N) is 1. The van der Waals surface area contributed by atoms with Crippen molar-refractivity contribution < 1.29 is 9.31 Å². The van der Waals surface area contributed by atoms with Gasteiger partial charge in [0.25, 0.3) is 0 Å². The highest BCUT2D eigenvalue weighted by molar-refractivity contribution is 7.22. The highest BCUT2D eigenvalue weighted by atomic mass is 32.1. The van der Waals surface area contributed by atoms with Crippen LogP contribution in [0.3, 0.4) is 0 Å². The van der Waals surface area contributed by atoms with Gasteiger partial charge in [0.15, 0.2) is 0 Å². The SMILES string of the molecule is CCCCCCCCCCCc1ncc(B2OC(C)(C)C(C)(C)O2)s1. The lowest BCUT2D eigenvalue weighted by atomic mass is 9.89. The smallest absolute Gasteiger partial charge is 0.399 e. The quantitative estimate of drug-likeness (QED) is 0.382. The summed E-state index contributed by atoms with van der Waals surface area (Å²) in [6.07, 6.45) is 15.3. The maximum Gasteiger partial charge on any atom is 0.507 e. The highest BCUT2D eigenvalue weighted by Gasteiger charge is 2.52. The van der Waals surface area contributed by atoms with E-state index in [0.717, 1.165) is 11.2 Å². The van der Waals surface area contributed by atoms with Gasteiger partial charge in [-0.1, -0.05) is 58.3 Å². The summed E-state index contributed by atoms with van der Waals surface area (Å²) in [6, 6.07) is 0. The van der Waals surface area contributed by atoms with Gasteiger partial charge in [-0.2, -0.15) is 0 Å². The Morgan fingerprint density at radius 2 is 1.40 bits per heavy atom. The zero-order valence-corrected chi connectivity index (χ0v) is 17.7. The molecular weight excluding hydrogens is 329 g/mol. The molecule has 5 heteroatoms. The molecule has 142 valence electrons. The first kappa shape index (κ1) is 20.9. The molecule has 25 heavy (non-hydrogen) atoms. The minimum Gasteiger partial charge on any atom is -0.399 e. The van der Waals surface area contributed by atoms with E-state index in [1.165, 1.54) is 62.8 Å². The Morgan fingerprint density at radius 3 is 1.96 bits per heavy atom. The molecule has 0 N–H and O–H groups in total. The average Bonchev–Trinajstić information content (AvgIpc) is 3.08. The molecule has 0 radical (unpaired) electrons. The molecule has 1 fully saturated rings. The van der Waals surface area contributed by atoms with Crippen LogP contribution in [-0.2, 0) is 15.7 Å². The Bertz CT molecular complexity index is 500. The summed E-state index contributed by atoms with van der Waals surface area (Å²) in [4.78, 5) is 4.58. The molecule has 1 aliphatic rings. The lowest BCUT2D eigenvalue weighted by molar-refractivity contribution is 0.00578. The molecule has 0 aromatic carbocycles. The molecule has 0 amide bonds. The monoisotopic (exact) mass is 365 g/mol. The van der Waals surface area contributed by atoms with Gasteiger partial charge in [0.2, 0.25) is 0 Å². The van der Waals surface area contributed by atoms with Gasteiger partial charge in [0.05, 0.1) is 21.0 Å². The van der Waals surface area contributed by atoms with Gasteiger partial charge >= 0.3 is 7.12 Å². The van der Waals surface area contributed by atoms with Crippen LogP contribution in [0.2, 0.25) is 0 Å². The minimum absolute atomic E-state index is 0.264. The summed E-state index contributed by atoms with van der Waals surface area (Å²) in [5.41, 5.74) is -0.558. The van der Waals surface area contributed by atoms with E-state index >= 15 is 0 Å². The molecule has 0 spiro atoms. The van der Waals surface area contributed by atoms with Crippen molar-refractivity contribution in [3.63, 3.8) is 0 Å². The Balaban J connectivity index is 1.64. The van der Waals surface area contributed by atoms with Gasteiger partial charge in [-0.05, 0) is 40.5 Å².